The van der Waals surface area contributed by atoms with E-state index in [1.54, 1.807) is 19.4 Å². The van der Waals surface area contributed by atoms with Gasteiger partial charge in [-0.15, -0.1) is 0 Å². The molecule has 0 bridgehead atoms. The Kier molecular flexibility index (Phi) is 3.64. The first-order valence-corrected chi connectivity index (χ1v) is 6.06. The number of halogens is 1. The number of ether oxygens (including phenoxy) is 1. The van der Waals surface area contributed by atoms with E-state index < -0.39 is 0 Å². The Morgan fingerprint density at radius 1 is 1.53 bits per heavy atom. The van der Waals surface area contributed by atoms with Crippen molar-refractivity contribution < 1.29 is 4.74 Å². The van der Waals surface area contributed by atoms with Gasteiger partial charge in [0.25, 0.3) is 0 Å². The minimum Gasteiger partial charge on any atom is -0.495 e. The van der Waals surface area contributed by atoms with Crippen molar-refractivity contribution in [1.29, 1.82) is 5.26 Å². The van der Waals surface area contributed by atoms with Crippen LogP contribution in [0, 0.1) is 14.9 Å². The molecule has 0 aliphatic carbocycles. The van der Waals surface area contributed by atoms with Crippen LogP contribution in [-0.2, 0) is 6.54 Å². The van der Waals surface area contributed by atoms with Crippen LogP contribution >= 0.6 is 22.6 Å². The van der Waals surface area contributed by atoms with Gasteiger partial charge in [-0.1, -0.05) is 6.07 Å². The summed E-state index contributed by atoms with van der Waals surface area (Å²) in [6, 6.07) is 7.64. The summed E-state index contributed by atoms with van der Waals surface area (Å²) in [5.41, 5.74) is 1.60. The lowest BCUT2D eigenvalue weighted by molar-refractivity contribution is 0.412. The van der Waals surface area contributed by atoms with E-state index >= 15 is 0 Å². The van der Waals surface area contributed by atoms with Crippen molar-refractivity contribution in [3.05, 3.63) is 45.3 Å². The second kappa shape index (κ2) is 5.19. The largest absolute Gasteiger partial charge is 0.495 e. The Morgan fingerprint density at radius 2 is 2.35 bits per heavy atom. The number of aromatic nitrogens is 2. The highest BCUT2D eigenvalue weighted by atomic mass is 127. The van der Waals surface area contributed by atoms with E-state index in [4.69, 9.17) is 10.00 Å². The Bertz CT molecular complexity index is 571. The van der Waals surface area contributed by atoms with Crippen LogP contribution in [0.1, 0.15) is 11.1 Å². The Hall–Kier alpha value is -1.55. The predicted molar refractivity (Wildman–Crippen MR) is 71.8 cm³/mol. The van der Waals surface area contributed by atoms with E-state index in [1.807, 2.05) is 23.0 Å². The van der Waals surface area contributed by atoms with Gasteiger partial charge in [0.2, 0.25) is 0 Å². The molecule has 0 aliphatic rings. The molecule has 1 aromatic heterocycles. The smallest absolute Gasteiger partial charge is 0.136 e. The van der Waals surface area contributed by atoms with Gasteiger partial charge >= 0.3 is 0 Å². The molecule has 0 saturated carbocycles. The molecule has 1 aromatic carbocycles. The van der Waals surface area contributed by atoms with Crippen molar-refractivity contribution >= 4 is 22.6 Å². The lowest BCUT2D eigenvalue weighted by atomic mass is 10.1. The van der Waals surface area contributed by atoms with E-state index in [9.17, 15) is 0 Å². The molecule has 0 N–H and O–H groups in total. The molecule has 1 heterocycles. The fourth-order valence-electron chi connectivity index (χ4n) is 1.54. The second-order valence-corrected chi connectivity index (χ2v) is 4.75. The van der Waals surface area contributed by atoms with Gasteiger partial charge in [-0.3, -0.25) is 4.68 Å². The van der Waals surface area contributed by atoms with Crippen LogP contribution in [0.2, 0.25) is 0 Å². The standard InChI is InChI=1S/C12H10IN3O/c1-17-12-4-9(2-3-10(12)5-14)7-16-8-11(13)6-15-16/h2-4,6,8H,7H2,1H3. The molecule has 0 aliphatic heterocycles. The van der Waals surface area contributed by atoms with Gasteiger partial charge < -0.3 is 4.74 Å². The van der Waals surface area contributed by atoms with E-state index in [2.05, 4.69) is 33.8 Å². The number of benzene rings is 1. The van der Waals surface area contributed by atoms with Crippen molar-refractivity contribution in [1.82, 2.24) is 9.78 Å². The normalized spacial score (nSPS) is 9.94. The topological polar surface area (TPSA) is 50.8 Å². The lowest BCUT2D eigenvalue weighted by Crippen LogP contribution is -2.00. The Balaban J connectivity index is 2.25. The summed E-state index contributed by atoms with van der Waals surface area (Å²) in [7, 11) is 1.57. The zero-order valence-electron chi connectivity index (χ0n) is 9.22. The highest BCUT2D eigenvalue weighted by molar-refractivity contribution is 14.1. The number of hydrogen-bond donors (Lipinski definition) is 0. The molecular formula is C12H10IN3O. The van der Waals surface area contributed by atoms with Gasteiger partial charge in [0.1, 0.15) is 11.8 Å². The Labute approximate surface area is 113 Å². The third-order valence-electron chi connectivity index (χ3n) is 2.33. The maximum Gasteiger partial charge on any atom is 0.136 e. The first-order chi connectivity index (χ1) is 8.22. The molecular weight excluding hydrogens is 329 g/mol. The van der Waals surface area contributed by atoms with Crippen LogP contribution in [0.5, 0.6) is 5.75 Å². The average molecular weight is 339 g/mol. The highest BCUT2D eigenvalue weighted by Crippen LogP contribution is 2.19. The monoisotopic (exact) mass is 339 g/mol. The van der Waals surface area contributed by atoms with Crippen molar-refractivity contribution in [3.63, 3.8) is 0 Å². The maximum atomic E-state index is 8.88. The van der Waals surface area contributed by atoms with Gasteiger partial charge in [-0.05, 0) is 40.3 Å². The van der Waals surface area contributed by atoms with Crippen LogP contribution in [0.25, 0.3) is 0 Å². The van der Waals surface area contributed by atoms with Crippen molar-refractivity contribution in [2.45, 2.75) is 6.54 Å². The summed E-state index contributed by atoms with van der Waals surface area (Å²) < 4.78 is 8.12. The summed E-state index contributed by atoms with van der Waals surface area (Å²) in [4.78, 5) is 0. The molecule has 0 radical (unpaired) electrons. The van der Waals surface area contributed by atoms with Crippen molar-refractivity contribution in [2.24, 2.45) is 0 Å². The van der Waals surface area contributed by atoms with Crippen LogP contribution < -0.4 is 4.74 Å². The molecule has 0 spiro atoms. The fourth-order valence-corrected chi connectivity index (χ4v) is 1.98. The third-order valence-corrected chi connectivity index (χ3v) is 2.89. The van der Waals surface area contributed by atoms with E-state index in [-0.39, 0.29) is 0 Å². The minimum absolute atomic E-state index is 0.547. The maximum absolute atomic E-state index is 8.88. The molecule has 17 heavy (non-hydrogen) atoms. The molecule has 4 nitrogen and oxygen atoms in total. The van der Waals surface area contributed by atoms with Gasteiger partial charge in [-0.25, -0.2) is 0 Å². The molecule has 0 amide bonds. The van der Waals surface area contributed by atoms with Crippen LogP contribution in [0.15, 0.2) is 30.6 Å². The number of nitriles is 1. The quantitative estimate of drug-likeness (QED) is 0.807. The lowest BCUT2D eigenvalue weighted by Gasteiger charge is -2.06. The molecule has 0 saturated heterocycles. The van der Waals surface area contributed by atoms with Crippen LogP contribution in [0.4, 0.5) is 0 Å². The Morgan fingerprint density at radius 3 is 2.94 bits per heavy atom. The molecule has 0 unspecified atom stereocenters. The first kappa shape index (κ1) is 11.9. The summed E-state index contributed by atoms with van der Waals surface area (Å²) in [6.45, 7) is 0.672. The van der Waals surface area contributed by atoms with Gasteiger partial charge in [-0.2, -0.15) is 10.4 Å². The summed E-state index contributed by atoms with van der Waals surface area (Å²) in [5, 5.41) is 13.1. The van der Waals surface area contributed by atoms with E-state index in [0.717, 1.165) is 9.13 Å². The van der Waals surface area contributed by atoms with Gasteiger partial charge in [0, 0.05) is 6.20 Å². The van der Waals surface area contributed by atoms with E-state index in [1.165, 1.54) is 0 Å². The SMILES string of the molecule is COc1cc(Cn2cc(I)cn2)ccc1C#N. The minimum atomic E-state index is 0.547. The zero-order chi connectivity index (χ0) is 12.3. The molecule has 86 valence electrons. The molecule has 0 atom stereocenters. The molecule has 2 aromatic rings. The van der Waals surface area contributed by atoms with Crippen molar-refractivity contribution in [2.75, 3.05) is 7.11 Å². The highest BCUT2D eigenvalue weighted by Gasteiger charge is 2.04. The number of rotatable bonds is 3. The van der Waals surface area contributed by atoms with Gasteiger partial charge in [0.15, 0.2) is 0 Å². The fraction of sp³-hybridized carbons (Fsp3) is 0.167. The van der Waals surface area contributed by atoms with Crippen LogP contribution in [-0.4, -0.2) is 16.9 Å². The van der Waals surface area contributed by atoms with Crippen LogP contribution in [0.3, 0.4) is 0 Å². The summed E-state index contributed by atoms with van der Waals surface area (Å²) >= 11 is 2.22. The number of nitrogens with zero attached hydrogens (tertiary/aromatic N) is 3. The predicted octanol–water partition coefficient (Wildman–Crippen LogP) is 2.42. The average Bonchev–Trinajstić information content (AvgIpc) is 2.74. The first-order valence-electron chi connectivity index (χ1n) is 4.98. The molecule has 5 heteroatoms. The second-order valence-electron chi connectivity index (χ2n) is 3.50. The van der Waals surface area contributed by atoms with E-state index in [0.29, 0.717) is 17.9 Å². The number of hydrogen-bond acceptors (Lipinski definition) is 3. The van der Waals surface area contributed by atoms with Gasteiger partial charge in [0.05, 0.1) is 29.0 Å². The zero-order valence-corrected chi connectivity index (χ0v) is 11.4. The summed E-state index contributed by atoms with van der Waals surface area (Å²) in [6.07, 6.45) is 3.77. The third kappa shape index (κ3) is 2.77. The number of methoxy groups -OCH3 is 1. The molecule has 2 rings (SSSR count). The summed E-state index contributed by atoms with van der Waals surface area (Å²) in [5.74, 6) is 0.604. The molecule has 0 fully saturated rings. The van der Waals surface area contributed by atoms with Crippen molar-refractivity contribution in [3.8, 4) is 11.8 Å².